The van der Waals surface area contributed by atoms with Crippen LogP contribution in [-0.2, 0) is 11.2 Å². The van der Waals surface area contributed by atoms with Gasteiger partial charge in [0, 0.05) is 55.3 Å². The van der Waals surface area contributed by atoms with Crippen LogP contribution in [0.5, 0.6) is 0 Å². The van der Waals surface area contributed by atoms with Crippen molar-refractivity contribution in [1.82, 2.24) is 19.3 Å². The first-order chi connectivity index (χ1) is 15.4. The van der Waals surface area contributed by atoms with Gasteiger partial charge in [0.1, 0.15) is 5.82 Å². The van der Waals surface area contributed by atoms with Crippen molar-refractivity contribution in [2.24, 2.45) is 0 Å². The molecule has 0 saturated carbocycles. The molecule has 0 atom stereocenters. The molecule has 0 amide bonds. The summed E-state index contributed by atoms with van der Waals surface area (Å²) in [4.78, 5) is 26.7. The molecule has 7 heteroatoms. The van der Waals surface area contributed by atoms with Gasteiger partial charge in [0.2, 0.25) is 0 Å². The number of aromatic nitrogens is 3. The second-order valence-corrected chi connectivity index (χ2v) is 8.95. The standard InChI is InChI=1S/C25H28FN5O/c1-16-14-31-15-23(28-25(31)17(2)27-16)21-13-20-18(5-6-24(21)32)11-19(12-22(20)26)30-8-4-7-29(3)9-10-30/h11-15H,4-10H2,1-3H3. The molecular weight excluding hydrogens is 405 g/mol. The van der Waals surface area contributed by atoms with Gasteiger partial charge in [-0.15, -0.1) is 0 Å². The van der Waals surface area contributed by atoms with Crippen LogP contribution in [0.25, 0.3) is 17.3 Å². The number of halogens is 1. The lowest BCUT2D eigenvalue weighted by Gasteiger charge is -2.24. The minimum absolute atomic E-state index is 0.00992. The van der Waals surface area contributed by atoms with E-state index in [0.29, 0.717) is 35.3 Å². The zero-order valence-corrected chi connectivity index (χ0v) is 18.9. The highest BCUT2D eigenvalue weighted by Gasteiger charge is 2.24. The normalized spacial score (nSPS) is 17.8. The number of anilines is 1. The number of hydrogen-bond donors (Lipinski definition) is 0. The van der Waals surface area contributed by atoms with Gasteiger partial charge < -0.3 is 14.2 Å². The fourth-order valence-electron chi connectivity index (χ4n) is 4.77. The first-order valence-electron chi connectivity index (χ1n) is 11.2. The van der Waals surface area contributed by atoms with E-state index >= 15 is 4.39 Å². The second kappa shape index (κ2) is 8.13. The lowest BCUT2D eigenvalue weighted by atomic mass is 10.0. The van der Waals surface area contributed by atoms with Crippen molar-refractivity contribution < 1.29 is 9.18 Å². The minimum Gasteiger partial charge on any atom is -0.370 e. The number of imidazole rings is 1. The van der Waals surface area contributed by atoms with Crippen LogP contribution in [0.2, 0.25) is 0 Å². The quantitative estimate of drug-likeness (QED) is 0.617. The molecule has 0 radical (unpaired) electrons. The fraction of sp³-hybridized carbons (Fsp3) is 0.400. The zero-order valence-electron chi connectivity index (χ0n) is 18.9. The summed E-state index contributed by atoms with van der Waals surface area (Å²) in [5.41, 5.74) is 5.73. The van der Waals surface area contributed by atoms with E-state index in [1.54, 1.807) is 12.1 Å². The number of ketones is 1. The summed E-state index contributed by atoms with van der Waals surface area (Å²) in [5.74, 6) is -0.288. The molecule has 2 aromatic heterocycles. The average Bonchev–Trinajstić information content (AvgIpc) is 2.93. The van der Waals surface area contributed by atoms with Crippen molar-refractivity contribution >= 4 is 28.8 Å². The molecule has 0 unspecified atom stereocenters. The van der Waals surface area contributed by atoms with E-state index in [0.717, 1.165) is 55.2 Å². The lowest BCUT2D eigenvalue weighted by Crippen LogP contribution is -2.28. The zero-order chi connectivity index (χ0) is 22.4. The summed E-state index contributed by atoms with van der Waals surface area (Å²) in [5, 5.41) is 0. The molecule has 1 aliphatic carbocycles. The summed E-state index contributed by atoms with van der Waals surface area (Å²) in [6.45, 7) is 7.63. The predicted octanol–water partition coefficient (Wildman–Crippen LogP) is 3.68. The number of aryl methyl sites for hydroxylation is 3. The summed E-state index contributed by atoms with van der Waals surface area (Å²) >= 11 is 0. The van der Waals surface area contributed by atoms with Gasteiger partial charge in [0.05, 0.1) is 17.1 Å². The number of rotatable bonds is 2. The number of likely N-dealkylation sites (N-methyl/N-ethyl adjacent to an activating group) is 1. The maximum absolute atomic E-state index is 15.4. The Labute approximate surface area is 187 Å². The van der Waals surface area contributed by atoms with Crippen molar-refractivity contribution in [3.05, 3.63) is 58.6 Å². The van der Waals surface area contributed by atoms with E-state index in [1.807, 2.05) is 30.6 Å². The number of Topliss-reactive ketones (excluding diaryl/α,β-unsaturated/α-hetero) is 1. The van der Waals surface area contributed by atoms with Crippen molar-refractivity contribution in [3.8, 4) is 0 Å². The highest BCUT2D eigenvalue weighted by molar-refractivity contribution is 6.25. The predicted molar refractivity (Wildman–Crippen MR) is 124 cm³/mol. The number of allylic oxidation sites excluding steroid dienone is 1. The highest BCUT2D eigenvalue weighted by Crippen LogP contribution is 2.32. The number of hydrogen-bond acceptors (Lipinski definition) is 5. The summed E-state index contributed by atoms with van der Waals surface area (Å²) < 4.78 is 17.2. The van der Waals surface area contributed by atoms with Gasteiger partial charge in [-0.1, -0.05) is 0 Å². The van der Waals surface area contributed by atoms with Gasteiger partial charge in [0.15, 0.2) is 11.4 Å². The third kappa shape index (κ3) is 3.81. The maximum atomic E-state index is 15.4. The molecule has 3 aromatic rings. The molecule has 2 aliphatic rings. The van der Waals surface area contributed by atoms with E-state index in [4.69, 9.17) is 0 Å². The van der Waals surface area contributed by atoms with Crippen molar-refractivity contribution in [3.63, 3.8) is 0 Å². The van der Waals surface area contributed by atoms with E-state index < -0.39 is 0 Å². The molecule has 0 spiro atoms. The molecule has 3 heterocycles. The Morgan fingerprint density at radius 1 is 1.00 bits per heavy atom. The van der Waals surface area contributed by atoms with Crippen molar-refractivity contribution in [2.45, 2.75) is 33.1 Å². The first kappa shape index (κ1) is 20.8. The van der Waals surface area contributed by atoms with Gasteiger partial charge in [-0.2, -0.15) is 0 Å². The molecule has 1 saturated heterocycles. The summed E-state index contributed by atoms with van der Waals surface area (Å²) in [6, 6.07) is 3.69. The van der Waals surface area contributed by atoms with Crippen LogP contribution in [-0.4, -0.2) is 58.3 Å². The Hall–Kier alpha value is -3.06. The van der Waals surface area contributed by atoms with Crippen LogP contribution >= 0.6 is 0 Å². The minimum atomic E-state index is -0.278. The maximum Gasteiger partial charge on any atom is 0.165 e. The lowest BCUT2D eigenvalue weighted by molar-refractivity contribution is -0.113. The van der Waals surface area contributed by atoms with Crippen LogP contribution in [0.1, 0.15) is 41.1 Å². The number of carbonyl (C=O) groups excluding carboxylic acids is 1. The van der Waals surface area contributed by atoms with Gasteiger partial charge in [-0.3, -0.25) is 9.78 Å². The van der Waals surface area contributed by atoms with Crippen LogP contribution in [0, 0.1) is 19.7 Å². The van der Waals surface area contributed by atoms with Gasteiger partial charge in [0.25, 0.3) is 0 Å². The van der Waals surface area contributed by atoms with E-state index in [2.05, 4.69) is 32.9 Å². The molecule has 0 bridgehead atoms. The third-order valence-electron chi connectivity index (χ3n) is 6.50. The molecule has 0 N–H and O–H groups in total. The van der Waals surface area contributed by atoms with Gasteiger partial charge in [-0.25, -0.2) is 9.37 Å². The monoisotopic (exact) mass is 433 g/mol. The Morgan fingerprint density at radius 2 is 1.84 bits per heavy atom. The summed E-state index contributed by atoms with van der Waals surface area (Å²) in [6.07, 6.45) is 7.34. The third-order valence-corrected chi connectivity index (χ3v) is 6.50. The topological polar surface area (TPSA) is 53.7 Å². The van der Waals surface area contributed by atoms with Crippen LogP contribution in [0.3, 0.4) is 0 Å². The average molecular weight is 434 g/mol. The number of nitrogens with zero attached hydrogens (tertiary/aromatic N) is 5. The van der Waals surface area contributed by atoms with E-state index in [9.17, 15) is 4.79 Å². The van der Waals surface area contributed by atoms with E-state index in [-0.39, 0.29) is 11.6 Å². The van der Waals surface area contributed by atoms with Crippen LogP contribution in [0.15, 0.2) is 24.5 Å². The smallest absolute Gasteiger partial charge is 0.165 e. The Balaban J connectivity index is 1.55. The molecular formula is C25H28FN5O. The van der Waals surface area contributed by atoms with Crippen LogP contribution in [0.4, 0.5) is 10.1 Å². The Bertz CT molecular complexity index is 1240. The van der Waals surface area contributed by atoms with Crippen LogP contribution < -0.4 is 4.90 Å². The van der Waals surface area contributed by atoms with E-state index in [1.165, 1.54) is 0 Å². The van der Waals surface area contributed by atoms with Gasteiger partial charge >= 0.3 is 0 Å². The SMILES string of the molecule is Cc1cn2cc(C3=Cc4c(F)cc(N5CCCN(C)CC5)cc4CCC3=O)nc2c(C)n1. The summed E-state index contributed by atoms with van der Waals surface area (Å²) in [7, 11) is 2.12. The van der Waals surface area contributed by atoms with Gasteiger partial charge in [-0.05, 0) is 64.1 Å². The molecule has 1 aromatic carbocycles. The molecule has 6 nitrogen and oxygen atoms in total. The van der Waals surface area contributed by atoms with Crippen molar-refractivity contribution in [1.29, 1.82) is 0 Å². The second-order valence-electron chi connectivity index (χ2n) is 8.95. The molecule has 166 valence electrons. The molecule has 32 heavy (non-hydrogen) atoms. The first-order valence-corrected chi connectivity index (χ1v) is 11.2. The molecule has 1 fully saturated rings. The highest BCUT2D eigenvalue weighted by atomic mass is 19.1. The number of carbonyl (C=O) groups is 1. The molecule has 1 aliphatic heterocycles. The number of benzene rings is 1. The Morgan fingerprint density at radius 3 is 2.69 bits per heavy atom. The van der Waals surface area contributed by atoms with Crippen molar-refractivity contribution in [2.75, 3.05) is 38.1 Å². The largest absolute Gasteiger partial charge is 0.370 e. The molecule has 5 rings (SSSR count). The number of fused-ring (bicyclic) bond motifs is 2. The fourth-order valence-corrected chi connectivity index (χ4v) is 4.77. The Kier molecular flexibility index (Phi) is 5.29.